The summed E-state index contributed by atoms with van der Waals surface area (Å²) in [6.45, 7) is 8.94. The van der Waals surface area contributed by atoms with E-state index in [1.165, 1.54) is 0 Å². The molecule has 15 heavy (non-hydrogen) atoms. The summed E-state index contributed by atoms with van der Waals surface area (Å²) in [5.41, 5.74) is 0. The van der Waals surface area contributed by atoms with Gasteiger partial charge in [0, 0.05) is 6.54 Å². The van der Waals surface area contributed by atoms with Crippen molar-refractivity contribution in [2.75, 3.05) is 20.2 Å². The van der Waals surface area contributed by atoms with Crippen LogP contribution in [0.2, 0.25) is 0 Å². The highest BCUT2D eigenvalue weighted by Gasteiger charge is 2.31. The van der Waals surface area contributed by atoms with Crippen LogP contribution in [0.15, 0.2) is 0 Å². The van der Waals surface area contributed by atoms with E-state index in [0.717, 1.165) is 12.8 Å². The van der Waals surface area contributed by atoms with Crippen molar-refractivity contribution in [2.24, 2.45) is 0 Å². The summed E-state index contributed by atoms with van der Waals surface area (Å²) in [6, 6.07) is 0. The zero-order chi connectivity index (χ0) is 11.9. The van der Waals surface area contributed by atoms with E-state index < -0.39 is 7.75 Å². The predicted molar refractivity (Wildman–Crippen MR) is 63.0 cm³/mol. The van der Waals surface area contributed by atoms with Crippen molar-refractivity contribution in [3.63, 3.8) is 0 Å². The van der Waals surface area contributed by atoms with Crippen LogP contribution in [-0.2, 0) is 13.6 Å². The molecule has 0 aliphatic rings. The third kappa shape index (κ3) is 5.67. The van der Waals surface area contributed by atoms with Crippen molar-refractivity contribution < 1.29 is 13.6 Å². The molecular formula is C10H24NO3P. The lowest BCUT2D eigenvalue weighted by Crippen LogP contribution is -2.21. The first kappa shape index (κ1) is 15.1. The molecule has 0 aromatic carbocycles. The van der Waals surface area contributed by atoms with Gasteiger partial charge in [-0.05, 0) is 33.7 Å². The summed E-state index contributed by atoms with van der Waals surface area (Å²) in [7, 11) is -1.29. The number of hydrogen-bond donors (Lipinski definition) is 0. The maximum absolute atomic E-state index is 12.4. The molecule has 92 valence electrons. The summed E-state index contributed by atoms with van der Waals surface area (Å²) in [5.74, 6) is 0. The number of hydrogen-bond acceptors (Lipinski definition) is 3. The molecule has 0 amide bonds. The second-order valence-electron chi connectivity index (χ2n) is 3.84. The molecule has 0 aromatic rings. The number of nitrogens with zero attached hydrogens (tertiary/aromatic N) is 1. The standard InChI is InChI=1S/C10H24NO3P/c1-6-8-11(5)15(12,13-9-7-2)14-10(3)4/h10H,6-9H2,1-5H3. The predicted octanol–water partition coefficient (Wildman–Crippen LogP) is 3.29. The maximum atomic E-state index is 12.4. The van der Waals surface area contributed by atoms with Crippen LogP contribution in [0.5, 0.6) is 0 Å². The van der Waals surface area contributed by atoms with Crippen LogP contribution in [0.1, 0.15) is 40.5 Å². The van der Waals surface area contributed by atoms with E-state index in [9.17, 15) is 4.57 Å². The lowest BCUT2D eigenvalue weighted by Gasteiger charge is -2.27. The molecule has 0 saturated carbocycles. The molecule has 0 aliphatic carbocycles. The van der Waals surface area contributed by atoms with Gasteiger partial charge in [0.1, 0.15) is 0 Å². The molecule has 0 aromatic heterocycles. The van der Waals surface area contributed by atoms with Gasteiger partial charge in [-0.25, -0.2) is 9.24 Å². The highest BCUT2D eigenvalue weighted by Crippen LogP contribution is 2.52. The molecule has 5 heteroatoms. The Morgan fingerprint density at radius 1 is 1.27 bits per heavy atom. The topological polar surface area (TPSA) is 38.8 Å². The zero-order valence-corrected chi connectivity index (χ0v) is 11.4. The Morgan fingerprint density at radius 2 is 1.87 bits per heavy atom. The van der Waals surface area contributed by atoms with Gasteiger partial charge in [-0.2, -0.15) is 0 Å². The second kappa shape index (κ2) is 7.39. The van der Waals surface area contributed by atoms with Gasteiger partial charge in [0.15, 0.2) is 0 Å². The summed E-state index contributed by atoms with van der Waals surface area (Å²) in [5, 5.41) is 0. The molecule has 0 fully saturated rings. The third-order valence-electron chi connectivity index (χ3n) is 1.77. The molecule has 0 spiro atoms. The third-order valence-corrected chi connectivity index (χ3v) is 4.00. The van der Waals surface area contributed by atoms with E-state index in [0.29, 0.717) is 13.2 Å². The van der Waals surface area contributed by atoms with Crippen molar-refractivity contribution in [1.82, 2.24) is 4.67 Å². The smallest absolute Gasteiger partial charge is 0.297 e. The summed E-state index contributed by atoms with van der Waals surface area (Å²) in [4.78, 5) is 0. The van der Waals surface area contributed by atoms with Crippen molar-refractivity contribution in [1.29, 1.82) is 0 Å². The van der Waals surface area contributed by atoms with E-state index in [2.05, 4.69) is 0 Å². The molecule has 0 aliphatic heterocycles. The van der Waals surface area contributed by atoms with Gasteiger partial charge in [-0.15, -0.1) is 0 Å². The SMILES string of the molecule is CCCOP(=O)(OC(C)C)N(C)CCC. The van der Waals surface area contributed by atoms with Crippen molar-refractivity contribution in [3.05, 3.63) is 0 Å². The normalized spacial score (nSPS) is 15.9. The quantitative estimate of drug-likeness (QED) is 0.607. The molecule has 0 saturated heterocycles. The Bertz CT molecular complexity index is 209. The van der Waals surface area contributed by atoms with Crippen LogP contribution in [-0.4, -0.2) is 31.0 Å². The van der Waals surface area contributed by atoms with Gasteiger partial charge in [0.25, 0.3) is 0 Å². The fourth-order valence-corrected chi connectivity index (χ4v) is 2.94. The van der Waals surface area contributed by atoms with E-state index >= 15 is 0 Å². The van der Waals surface area contributed by atoms with Gasteiger partial charge in [-0.3, -0.25) is 9.05 Å². The average Bonchev–Trinajstić information content (AvgIpc) is 2.14. The molecular weight excluding hydrogens is 213 g/mol. The highest BCUT2D eigenvalue weighted by atomic mass is 31.2. The minimum absolute atomic E-state index is 0.0907. The molecule has 0 radical (unpaired) electrons. The Labute approximate surface area is 93.5 Å². The van der Waals surface area contributed by atoms with Crippen LogP contribution in [0.25, 0.3) is 0 Å². The molecule has 4 nitrogen and oxygen atoms in total. The monoisotopic (exact) mass is 237 g/mol. The molecule has 1 unspecified atom stereocenters. The summed E-state index contributed by atoms with van der Waals surface area (Å²) < 4.78 is 24.8. The largest absolute Gasteiger partial charge is 0.408 e. The van der Waals surface area contributed by atoms with Crippen LogP contribution in [0, 0.1) is 0 Å². The lowest BCUT2D eigenvalue weighted by atomic mass is 10.5. The first-order valence-corrected chi connectivity index (χ1v) is 7.10. The van der Waals surface area contributed by atoms with Crippen LogP contribution in [0.4, 0.5) is 0 Å². The molecule has 0 heterocycles. The van der Waals surface area contributed by atoms with Gasteiger partial charge >= 0.3 is 7.75 Å². The Hall–Kier alpha value is 0.110. The fourth-order valence-electron chi connectivity index (χ4n) is 1.13. The van der Waals surface area contributed by atoms with Gasteiger partial charge < -0.3 is 0 Å². The van der Waals surface area contributed by atoms with Gasteiger partial charge in [0.2, 0.25) is 0 Å². The van der Waals surface area contributed by atoms with E-state index in [1.54, 1.807) is 11.7 Å². The van der Waals surface area contributed by atoms with Gasteiger partial charge in [-0.1, -0.05) is 13.8 Å². The molecule has 0 bridgehead atoms. The first-order valence-electron chi connectivity index (χ1n) is 5.60. The Morgan fingerprint density at radius 3 is 2.27 bits per heavy atom. The maximum Gasteiger partial charge on any atom is 0.408 e. The van der Waals surface area contributed by atoms with Crippen molar-refractivity contribution >= 4 is 7.75 Å². The molecule has 0 N–H and O–H groups in total. The summed E-state index contributed by atoms with van der Waals surface area (Å²) in [6.07, 6.45) is 1.68. The fraction of sp³-hybridized carbons (Fsp3) is 1.00. The zero-order valence-electron chi connectivity index (χ0n) is 10.5. The van der Waals surface area contributed by atoms with Crippen molar-refractivity contribution in [3.8, 4) is 0 Å². The van der Waals surface area contributed by atoms with Crippen LogP contribution in [0.3, 0.4) is 0 Å². The lowest BCUT2D eigenvalue weighted by molar-refractivity contribution is 0.134. The van der Waals surface area contributed by atoms with Crippen molar-refractivity contribution in [2.45, 2.75) is 46.6 Å². The Balaban J connectivity index is 4.45. The first-order chi connectivity index (χ1) is 6.96. The molecule has 1 atom stereocenters. The van der Waals surface area contributed by atoms with E-state index in [1.807, 2.05) is 27.7 Å². The minimum atomic E-state index is -3.07. The average molecular weight is 237 g/mol. The van der Waals surface area contributed by atoms with Crippen LogP contribution < -0.4 is 0 Å². The molecule has 0 rings (SSSR count). The Kier molecular flexibility index (Phi) is 7.45. The van der Waals surface area contributed by atoms with Gasteiger partial charge in [0.05, 0.1) is 12.7 Å². The van der Waals surface area contributed by atoms with E-state index in [4.69, 9.17) is 9.05 Å². The highest BCUT2D eigenvalue weighted by molar-refractivity contribution is 7.51. The van der Waals surface area contributed by atoms with Crippen LogP contribution >= 0.6 is 7.75 Å². The number of rotatable bonds is 8. The summed E-state index contributed by atoms with van der Waals surface area (Å²) >= 11 is 0. The minimum Gasteiger partial charge on any atom is -0.297 e. The second-order valence-corrected chi connectivity index (χ2v) is 5.93. The van der Waals surface area contributed by atoms with E-state index in [-0.39, 0.29) is 6.10 Å².